The van der Waals surface area contributed by atoms with Crippen LogP contribution in [-0.2, 0) is 6.61 Å². The fourth-order valence-corrected chi connectivity index (χ4v) is 3.11. The molecule has 0 saturated carbocycles. The Morgan fingerprint density at radius 1 is 1.00 bits per heavy atom. The van der Waals surface area contributed by atoms with E-state index in [1.54, 1.807) is 18.2 Å². The number of para-hydroxylation sites is 1. The summed E-state index contributed by atoms with van der Waals surface area (Å²) < 4.78 is 1.52. The van der Waals surface area contributed by atoms with Crippen LogP contribution in [0.25, 0.3) is 16.6 Å². The molecular formula is C21H16ClN3O2. The molecule has 2 N–H and O–H groups in total. The monoisotopic (exact) mass is 377 g/mol. The van der Waals surface area contributed by atoms with Gasteiger partial charge in [0.1, 0.15) is 0 Å². The number of aliphatic hydroxyl groups is 1. The smallest absolute Gasteiger partial charge is 0.267 e. The molecule has 0 atom stereocenters. The molecule has 0 aliphatic rings. The molecule has 4 aromatic rings. The minimum atomic E-state index is -0.213. The van der Waals surface area contributed by atoms with Gasteiger partial charge in [0.15, 0.2) is 0 Å². The summed E-state index contributed by atoms with van der Waals surface area (Å²) in [7, 11) is 0. The number of rotatable bonds is 4. The van der Waals surface area contributed by atoms with Crippen molar-refractivity contribution in [2.24, 2.45) is 0 Å². The molecule has 0 bridgehead atoms. The average Bonchev–Trinajstić information content (AvgIpc) is 2.70. The summed E-state index contributed by atoms with van der Waals surface area (Å²) in [5.74, 6) is 0.385. The second kappa shape index (κ2) is 7.23. The van der Waals surface area contributed by atoms with Gasteiger partial charge < -0.3 is 10.4 Å². The first-order valence-electron chi connectivity index (χ1n) is 8.40. The molecule has 3 aromatic carbocycles. The predicted octanol–water partition coefficient (Wildman–Crippen LogP) is 4.28. The first kappa shape index (κ1) is 17.3. The maximum atomic E-state index is 13.2. The summed E-state index contributed by atoms with van der Waals surface area (Å²) in [6.45, 7) is -0.0648. The fraction of sp³-hybridized carbons (Fsp3) is 0.0476. The minimum absolute atomic E-state index is 0.0648. The van der Waals surface area contributed by atoms with Crippen molar-refractivity contribution in [3.8, 4) is 5.69 Å². The van der Waals surface area contributed by atoms with Crippen LogP contribution in [0.3, 0.4) is 0 Å². The van der Waals surface area contributed by atoms with Crippen molar-refractivity contribution in [3.63, 3.8) is 0 Å². The number of fused-ring (bicyclic) bond motifs is 1. The summed E-state index contributed by atoms with van der Waals surface area (Å²) in [6, 6.07) is 21.7. The van der Waals surface area contributed by atoms with Gasteiger partial charge in [0, 0.05) is 10.7 Å². The largest absolute Gasteiger partial charge is 0.392 e. The Bertz CT molecular complexity index is 1170. The molecule has 0 spiro atoms. The highest BCUT2D eigenvalue weighted by molar-refractivity contribution is 6.31. The Morgan fingerprint density at radius 3 is 2.59 bits per heavy atom. The molecule has 4 rings (SSSR count). The van der Waals surface area contributed by atoms with Crippen molar-refractivity contribution in [2.75, 3.05) is 5.32 Å². The van der Waals surface area contributed by atoms with Gasteiger partial charge in [-0.1, -0.05) is 41.9 Å². The van der Waals surface area contributed by atoms with Crippen molar-refractivity contribution < 1.29 is 5.11 Å². The number of aliphatic hydroxyl groups excluding tert-OH is 1. The zero-order valence-electron chi connectivity index (χ0n) is 14.3. The van der Waals surface area contributed by atoms with Crippen LogP contribution in [-0.4, -0.2) is 14.7 Å². The number of nitrogens with zero attached hydrogens (tertiary/aromatic N) is 2. The normalized spacial score (nSPS) is 10.9. The van der Waals surface area contributed by atoms with E-state index in [1.165, 1.54) is 4.57 Å². The third-order valence-corrected chi connectivity index (χ3v) is 4.45. The molecule has 1 heterocycles. The molecule has 0 aliphatic carbocycles. The van der Waals surface area contributed by atoms with Crippen LogP contribution >= 0.6 is 11.6 Å². The lowest BCUT2D eigenvalue weighted by Gasteiger charge is -2.15. The zero-order chi connectivity index (χ0) is 18.8. The highest BCUT2D eigenvalue weighted by atomic mass is 35.5. The van der Waals surface area contributed by atoms with Crippen LogP contribution < -0.4 is 10.9 Å². The van der Waals surface area contributed by atoms with Gasteiger partial charge in [-0.3, -0.25) is 4.79 Å². The van der Waals surface area contributed by atoms with E-state index in [9.17, 15) is 9.90 Å². The van der Waals surface area contributed by atoms with E-state index in [0.717, 1.165) is 11.3 Å². The first-order valence-corrected chi connectivity index (χ1v) is 8.78. The average molecular weight is 378 g/mol. The van der Waals surface area contributed by atoms with E-state index in [2.05, 4.69) is 10.3 Å². The zero-order valence-corrected chi connectivity index (χ0v) is 15.0. The maximum Gasteiger partial charge on any atom is 0.267 e. The minimum Gasteiger partial charge on any atom is -0.392 e. The number of hydrogen-bond acceptors (Lipinski definition) is 4. The standard InChI is InChI=1S/C21H16ClN3O2/c22-15-9-10-19-18(12-15)20(27)25(17-7-2-1-3-8-17)21(24-19)23-16-6-4-5-14(11-16)13-26/h1-12,26H,13H2,(H,23,24). The highest BCUT2D eigenvalue weighted by Gasteiger charge is 2.13. The summed E-state index contributed by atoms with van der Waals surface area (Å²) in [4.78, 5) is 17.8. The topological polar surface area (TPSA) is 67.2 Å². The SMILES string of the molecule is O=c1c2cc(Cl)ccc2nc(Nc2cccc(CO)c2)n1-c1ccccc1. The van der Waals surface area contributed by atoms with E-state index in [-0.39, 0.29) is 12.2 Å². The van der Waals surface area contributed by atoms with E-state index < -0.39 is 0 Å². The van der Waals surface area contributed by atoms with Gasteiger partial charge in [0.2, 0.25) is 5.95 Å². The van der Waals surface area contributed by atoms with Gasteiger partial charge in [-0.15, -0.1) is 0 Å². The summed E-state index contributed by atoms with van der Waals surface area (Å²) in [6.07, 6.45) is 0. The van der Waals surface area contributed by atoms with Gasteiger partial charge in [0.25, 0.3) is 5.56 Å². The van der Waals surface area contributed by atoms with Crippen molar-refractivity contribution >= 4 is 34.1 Å². The van der Waals surface area contributed by atoms with Crippen LogP contribution in [0.5, 0.6) is 0 Å². The molecule has 134 valence electrons. The molecule has 0 fully saturated rings. The second-order valence-corrected chi connectivity index (χ2v) is 6.49. The number of nitrogens with one attached hydrogen (secondary N) is 1. The quantitative estimate of drug-likeness (QED) is 0.557. The molecule has 6 heteroatoms. The molecular weight excluding hydrogens is 362 g/mol. The van der Waals surface area contributed by atoms with E-state index in [1.807, 2.05) is 54.6 Å². The Labute approximate surface area is 160 Å². The van der Waals surface area contributed by atoms with E-state index >= 15 is 0 Å². The lowest BCUT2D eigenvalue weighted by atomic mass is 10.2. The predicted molar refractivity (Wildman–Crippen MR) is 108 cm³/mol. The molecule has 27 heavy (non-hydrogen) atoms. The van der Waals surface area contributed by atoms with Crippen LogP contribution in [0.1, 0.15) is 5.56 Å². The summed E-state index contributed by atoms with van der Waals surface area (Å²) in [5, 5.41) is 13.5. The molecule has 5 nitrogen and oxygen atoms in total. The number of anilines is 2. The fourth-order valence-electron chi connectivity index (χ4n) is 2.93. The first-order chi connectivity index (χ1) is 13.2. The number of aromatic nitrogens is 2. The summed E-state index contributed by atoms with van der Waals surface area (Å²) in [5.41, 5.74) is 2.53. The van der Waals surface area contributed by atoms with Crippen molar-refractivity contribution in [2.45, 2.75) is 6.61 Å². The van der Waals surface area contributed by atoms with Crippen molar-refractivity contribution in [1.82, 2.24) is 9.55 Å². The number of hydrogen-bond donors (Lipinski definition) is 2. The molecule has 0 saturated heterocycles. The van der Waals surface area contributed by atoms with Crippen LogP contribution in [0.4, 0.5) is 11.6 Å². The molecule has 0 unspecified atom stereocenters. The summed E-state index contributed by atoms with van der Waals surface area (Å²) >= 11 is 6.08. The number of halogens is 1. The van der Waals surface area contributed by atoms with Gasteiger partial charge in [-0.25, -0.2) is 9.55 Å². The maximum absolute atomic E-state index is 13.2. The van der Waals surface area contributed by atoms with Crippen LogP contribution in [0, 0.1) is 0 Å². The van der Waals surface area contributed by atoms with Gasteiger partial charge >= 0.3 is 0 Å². The third kappa shape index (κ3) is 3.43. The molecule has 0 aliphatic heterocycles. The second-order valence-electron chi connectivity index (χ2n) is 6.06. The Hall–Kier alpha value is -3.15. The Morgan fingerprint density at radius 2 is 1.81 bits per heavy atom. The van der Waals surface area contributed by atoms with E-state index in [0.29, 0.717) is 27.6 Å². The Kier molecular flexibility index (Phi) is 4.62. The Balaban J connectivity index is 1.95. The molecule has 0 radical (unpaired) electrons. The van der Waals surface area contributed by atoms with Crippen molar-refractivity contribution in [3.05, 3.63) is 93.7 Å². The number of benzene rings is 3. The lowest BCUT2D eigenvalue weighted by molar-refractivity contribution is 0.282. The van der Waals surface area contributed by atoms with Crippen molar-refractivity contribution in [1.29, 1.82) is 0 Å². The van der Waals surface area contributed by atoms with Crippen LogP contribution in [0.2, 0.25) is 5.02 Å². The van der Waals surface area contributed by atoms with Gasteiger partial charge in [0.05, 0.1) is 23.2 Å². The van der Waals surface area contributed by atoms with Gasteiger partial charge in [-0.05, 0) is 48.0 Å². The molecule has 0 amide bonds. The third-order valence-electron chi connectivity index (χ3n) is 4.21. The van der Waals surface area contributed by atoms with Gasteiger partial charge in [-0.2, -0.15) is 0 Å². The van der Waals surface area contributed by atoms with E-state index in [4.69, 9.17) is 11.6 Å². The molecule has 1 aromatic heterocycles. The lowest BCUT2D eigenvalue weighted by Crippen LogP contribution is -2.22. The highest BCUT2D eigenvalue weighted by Crippen LogP contribution is 2.22. The van der Waals surface area contributed by atoms with Crippen LogP contribution in [0.15, 0.2) is 77.6 Å².